The summed E-state index contributed by atoms with van der Waals surface area (Å²) in [7, 11) is 0. The Labute approximate surface area is 169 Å². The lowest BCUT2D eigenvalue weighted by Crippen LogP contribution is -2.49. The second kappa shape index (κ2) is 8.84. The highest BCUT2D eigenvalue weighted by molar-refractivity contribution is 6.04. The van der Waals surface area contributed by atoms with Crippen molar-refractivity contribution in [3.05, 3.63) is 78.1 Å². The van der Waals surface area contributed by atoms with Crippen molar-refractivity contribution in [1.29, 1.82) is 0 Å². The molecule has 6 nitrogen and oxygen atoms in total. The van der Waals surface area contributed by atoms with Crippen LogP contribution in [0, 0.1) is 0 Å². The highest BCUT2D eigenvalue weighted by Gasteiger charge is 2.21. The Morgan fingerprint density at radius 1 is 1.00 bits per heavy atom. The summed E-state index contributed by atoms with van der Waals surface area (Å²) in [6.45, 7) is 2.73. The van der Waals surface area contributed by atoms with Gasteiger partial charge in [0, 0.05) is 38.1 Å². The van der Waals surface area contributed by atoms with Gasteiger partial charge in [-0.15, -0.1) is 0 Å². The first-order valence-electron chi connectivity index (χ1n) is 9.89. The van der Waals surface area contributed by atoms with E-state index in [1.165, 1.54) is 22.5 Å². The average Bonchev–Trinajstić information content (AvgIpc) is 2.75. The number of nitrogens with one attached hydrogen (secondary N) is 2. The van der Waals surface area contributed by atoms with Gasteiger partial charge in [0.05, 0.1) is 5.56 Å². The Balaban J connectivity index is 1.24. The minimum absolute atomic E-state index is 0.0737. The molecule has 4 rings (SSSR count). The molecular formula is C23H24N4O2. The maximum Gasteiger partial charge on any atom is 0.321 e. The van der Waals surface area contributed by atoms with Crippen LogP contribution in [0.1, 0.15) is 28.8 Å². The van der Waals surface area contributed by atoms with E-state index in [-0.39, 0.29) is 6.04 Å². The first-order valence-corrected chi connectivity index (χ1v) is 9.89. The molecular weight excluding hydrogens is 364 g/mol. The average molecular weight is 388 g/mol. The van der Waals surface area contributed by atoms with Gasteiger partial charge in [-0.05, 0) is 47.4 Å². The van der Waals surface area contributed by atoms with Crippen molar-refractivity contribution in [3.63, 3.8) is 0 Å². The summed E-state index contributed by atoms with van der Waals surface area (Å²) >= 11 is 0. The number of hydrogen-bond acceptors (Lipinski definition) is 4. The molecule has 2 aromatic carbocycles. The number of urea groups is 1. The molecule has 1 aliphatic rings. The van der Waals surface area contributed by atoms with Crippen LogP contribution in [0.15, 0.2) is 67.0 Å². The maximum absolute atomic E-state index is 12.1. The molecule has 0 aliphatic carbocycles. The predicted molar refractivity (Wildman–Crippen MR) is 112 cm³/mol. The number of nitrogens with zero attached hydrogens (tertiary/aromatic N) is 2. The number of pyridine rings is 1. The Hall–Kier alpha value is -3.25. The van der Waals surface area contributed by atoms with Crippen LogP contribution >= 0.6 is 0 Å². The number of rotatable bonds is 4. The van der Waals surface area contributed by atoms with Gasteiger partial charge in [-0.25, -0.2) is 4.79 Å². The van der Waals surface area contributed by atoms with E-state index in [2.05, 4.69) is 63.0 Å². The van der Waals surface area contributed by atoms with Gasteiger partial charge in [-0.1, -0.05) is 36.4 Å². The third kappa shape index (κ3) is 4.97. The number of piperidine rings is 1. The fourth-order valence-corrected chi connectivity index (χ4v) is 3.72. The van der Waals surface area contributed by atoms with Crippen molar-refractivity contribution in [3.8, 4) is 0 Å². The minimum atomic E-state index is -0.452. The van der Waals surface area contributed by atoms with Gasteiger partial charge in [0.2, 0.25) is 0 Å². The molecule has 29 heavy (non-hydrogen) atoms. The Bertz CT molecular complexity index is 998. The van der Waals surface area contributed by atoms with Crippen molar-refractivity contribution in [2.24, 2.45) is 0 Å². The number of benzene rings is 2. The third-order valence-corrected chi connectivity index (χ3v) is 5.29. The molecule has 0 atom stereocenters. The van der Waals surface area contributed by atoms with Crippen LogP contribution < -0.4 is 10.6 Å². The van der Waals surface area contributed by atoms with Crippen LogP contribution in [0.2, 0.25) is 0 Å². The summed E-state index contributed by atoms with van der Waals surface area (Å²) in [5.74, 6) is -0.440. The highest BCUT2D eigenvalue weighted by atomic mass is 16.2. The quantitative estimate of drug-likeness (QED) is 0.719. The molecule has 148 valence electrons. The lowest BCUT2D eigenvalue weighted by molar-refractivity contribution is 0.0961. The summed E-state index contributed by atoms with van der Waals surface area (Å²) < 4.78 is 0. The molecule has 0 saturated carbocycles. The van der Waals surface area contributed by atoms with Crippen molar-refractivity contribution < 1.29 is 9.59 Å². The molecule has 1 fully saturated rings. The summed E-state index contributed by atoms with van der Waals surface area (Å²) in [6.07, 6.45) is 4.75. The molecule has 2 heterocycles. The Kier molecular flexibility index (Phi) is 5.81. The minimum Gasteiger partial charge on any atom is -0.335 e. The second-order valence-electron chi connectivity index (χ2n) is 7.40. The fraction of sp³-hybridized carbons (Fsp3) is 0.261. The van der Waals surface area contributed by atoms with E-state index in [4.69, 9.17) is 0 Å². The second-order valence-corrected chi connectivity index (χ2v) is 7.40. The number of carbonyl (C=O) groups is 2. The smallest absolute Gasteiger partial charge is 0.321 e. The molecule has 2 N–H and O–H groups in total. The zero-order chi connectivity index (χ0) is 20.1. The largest absolute Gasteiger partial charge is 0.335 e. The normalized spacial score (nSPS) is 15.2. The summed E-state index contributed by atoms with van der Waals surface area (Å²) in [5.41, 5.74) is 1.67. The molecule has 0 radical (unpaired) electrons. The van der Waals surface area contributed by atoms with Gasteiger partial charge in [0.15, 0.2) is 0 Å². The molecule has 1 aromatic heterocycles. The SMILES string of the molecule is O=C(NC(=O)c1cccnc1)NC1CCN(Cc2ccc3ccccc3c2)CC1. The van der Waals surface area contributed by atoms with Gasteiger partial charge < -0.3 is 5.32 Å². The third-order valence-electron chi connectivity index (χ3n) is 5.29. The van der Waals surface area contributed by atoms with E-state index in [9.17, 15) is 9.59 Å². The molecule has 6 heteroatoms. The van der Waals surface area contributed by atoms with E-state index in [0.717, 1.165) is 32.5 Å². The van der Waals surface area contributed by atoms with Gasteiger partial charge in [0.25, 0.3) is 5.91 Å². The van der Waals surface area contributed by atoms with Crippen LogP contribution in [-0.4, -0.2) is 41.0 Å². The molecule has 3 aromatic rings. The lowest BCUT2D eigenvalue weighted by atomic mass is 10.0. The van der Waals surface area contributed by atoms with Crippen LogP contribution in [0.25, 0.3) is 10.8 Å². The highest BCUT2D eigenvalue weighted by Crippen LogP contribution is 2.19. The fourth-order valence-electron chi connectivity index (χ4n) is 3.72. The van der Waals surface area contributed by atoms with E-state index >= 15 is 0 Å². The molecule has 1 aliphatic heterocycles. The van der Waals surface area contributed by atoms with Crippen molar-refractivity contribution in [2.45, 2.75) is 25.4 Å². The van der Waals surface area contributed by atoms with Gasteiger partial charge in [-0.2, -0.15) is 0 Å². The van der Waals surface area contributed by atoms with E-state index in [1.54, 1.807) is 18.3 Å². The summed E-state index contributed by atoms with van der Waals surface area (Å²) in [6, 6.07) is 17.9. The standard InChI is InChI=1S/C23H24N4O2/c28-22(20-6-3-11-24-15-20)26-23(29)25-21-9-12-27(13-10-21)16-17-7-8-18-4-1-2-5-19(18)14-17/h1-8,11,14-15,21H,9-10,12-13,16H2,(H2,25,26,28,29). The first kappa shape index (κ1) is 19.1. The number of likely N-dealkylation sites (tertiary alicyclic amines) is 1. The Morgan fingerprint density at radius 3 is 2.55 bits per heavy atom. The topological polar surface area (TPSA) is 74.3 Å². The van der Waals surface area contributed by atoms with E-state index < -0.39 is 11.9 Å². The predicted octanol–water partition coefficient (Wildman–Crippen LogP) is 3.34. The van der Waals surface area contributed by atoms with Gasteiger partial charge in [0.1, 0.15) is 0 Å². The monoisotopic (exact) mass is 388 g/mol. The van der Waals surface area contributed by atoms with E-state index in [0.29, 0.717) is 5.56 Å². The molecule has 1 saturated heterocycles. The van der Waals surface area contributed by atoms with Crippen LogP contribution in [-0.2, 0) is 6.54 Å². The number of aromatic nitrogens is 1. The van der Waals surface area contributed by atoms with Crippen molar-refractivity contribution in [2.75, 3.05) is 13.1 Å². The summed E-state index contributed by atoms with van der Waals surface area (Å²) in [4.78, 5) is 30.4. The van der Waals surface area contributed by atoms with Crippen LogP contribution in [0.4, 0.5) is 4.79 Å². The number of hydrogen-bond donors (Lipinski definition) is 2. The van der Waals surface area contributed by atoms with Crippen LogP contribution in [0.3, 0.4) is 0 Å². The van der Waals surface area contributed by atoms with Crippen molar-refractivity contribution in [1.82, 2.24) is 20.5 Å². The number of fused-ring (bicyclic) bond motifs is 1. The molecule has 0 spiro atoms. The zero-order valence-corrected chi connectivity index (χ0v) is 16.2. The lowest BCUT2D eigenvalue weighted by Gasteiger charge is -2.32. The van der Waals surface area contributed by atoms with Gasteiger partial charge >= 0.3 is 6.03 Å². The number of amides is 3. The molecule has 3 amide bonds. The number of imide groups is 1. The van der Waals surface area contributed by atoms with Crippen molar-refractivity contribution >= 4 is 22.7 Å². The van der Waals surface area contributed by atoms with E-state index in [1.807, 2.05) is 0 Å². The van der Waals surface area contributed by atoms with Crippen LogP contribution in [0.5, 0.6) is 0 Å². The maximum atomic E-state index is 12.1. The zero-order valence-electron chi connectivity index (χ0n) is 16.2. The number of carbonyl (C=O) groups excluding carboxylic acids is 2. The van der Waals surface area contributed by atoms with Gasteiger partial charge in [-0.3, -0.25) is 20.0 Å². The molecule has 0 bridgehead atoms. The first-order chi connectivity index (χ1) is 14.2. The Morgan fingerprint density at radius 2 is 1.79 bits per heavy atom. The molecule has 0 unspecified atom stereocenters. The summed E-state index contributed by atoms with van der Waals surface area (Å²) in [5, 5.41) is 7.80.